The minimum Gasteiger partial charge on any atom is -0.508 e. The minimum absolute atomic E-state index is 0.0263. The standard InChI is InChI=1S/C25H25N3O7/c1-24(9-26)7-12(8-24)28-18-13-6-11-5-10-3-2-4-14(29)15(10)19(30)16(11)21(32)25(13,35)22(33)17(20(18)31)23(27)34/h2-4,11-13,18,28-30,33,35H,5-8H2,1H3,(H2,27,34). The van der Waals surface area contributed by atoms with Gasteiger partial charge in [0.25, 0.3) is 5.91 Å². The Balaban J connectivity index is 1.62. The molecule has 0 saturated heterocycles. The predicted octanol–water partition coefficient (Wildman–Crippen LogP) is 0.684. The highest BCUT2D eigenvalue weighted by Gasteiger charge is 2.64. The number of nitrogens with two attached hydrogens (primary N) is 1. The van der Waals surface area contributed by atoms with E-state index in [-0.39, 0.29) is 35.8 Å². The zero-order chi connectivity index (χ0) is 25.4. The number of benzene rings is 1. The van der Waals surface area contributed by atoms with Gasteiger partial charge in [0.2, 0.25) is 5.78 Å². The van der Waals surface area contributed by atoms with Crippen LogP contribution in [0.3, 0.4) is 0 Å². The molecule has 10 nitrogen and oxygen atoms in total. The van der Waals surface area contributed by atoms with Gasteiger partial charge in [-0.3, -0.25) is 14.4 Å². The average Bonchev–Trinajstić information content (AvgIpc) is 2.77. The Bertz CT molecular complexity index is 1300. The fourth-order valence-corrected chi connectivity index (χ4v) is 6.30. The van der Waals surface area contributed by atoms with Gasteiger partial charge < -0.3 is 31.5 Å². The van der Waals surface area contributed by atoms with Crippen LogP contribution in [0.25, 0.3) is 5.76 Å². The van der Waals surface area contributed by atoms with E-state index in [1.165, 1.54) is 6.07 Å². The fourth-order valence-electron chi connectivity index (χ4n) is 6.30. The summed E-state index contributed by atoms with van der Waals surface area (Å²) in [6, 6.07) is 5.38. The lowest BCUT2D eigenvalue weighted by Gasteiger charge is -2.51. The number of amides is 1. The summed E-state index contributed by atoms with van der Waals surface area (Å²) < 4.78 is 0. The SMILES string of the molecule is CC1(C#N)CC(NC2C(=O)C(C(N)=O)=C(O)C3(O)C(=O)C4=C(O)c5c(O)cccc5CC4CC23)C1. The lowest BCUT2D eigenvalue weighted by Crippen LogP contribution is -2.68. The molecular formula is C25H25N3O7. The van der Waals surface area contributed by atoms with Gasteiger partial charge in [-0.1, -0.05) is 12.1 Å². The fraction of sp³-hybridized carbons (Fsp3) is 0.440. The highest BCUT2D eigenvalue weighted by atomic mass is 16.3. The number of hydrogen-bond donors (Lipinski definition) is 6. The number of aliphatic hydroxyl groups excluding tert-OH is 2. The third-order valence-electron chi connectivity index (χ3n) is 8.02. The Morgan fingerprint density at radius 1 is 1.23 bits per heavy atom. The van der Waals surface area contributed by atoms with Crippen LogP contribution in [0.5, 0.6) is 5.75 Å². The maximum Gasteiger partial charge on any atom is 0.255 e. The molecule has 4 atom stereocenters. The summed E-state index contributed by atoms with van der Waals surface area (Å²) in [5.41, 5.74) is 1.72. The molecule has 4 aliphatic carbocycles. The van der Waals surface area contributed by atoms with Crippen LogP contribution in [0.2, 0.25) is 0 Å². The summed E-state index contributed by atoms with van der Waals surface area (Å²) in [5, 5.41) is 56.1. The molecule has 1 amide bonds. The van der Waals surface area contributed by atoms with Gasteiger partial charge >= 0.3 is 0 Å². The van der Waals surface area contributed by atoms with Gasteiger partial charge in [0.1, 0.15) is 22.8 Å². The zero-order valence-electron chi connectivity index (χ0n) is 18.9. The van der Waals surface area contributed by atoms with Crippen LogP contribution in [0.1, 0.15) is 37.3 Å². The molecule has 35 heavy (non-hydrogen) atoms. The molecule has 0 aromatic heterocycles. The Hall–Kier alpha value is -3.68. The van der Waals surface area contributed by atoms with Gasteiger partial charge in [0.15, 0.2) is 11.4 Å². The summed E-state index contributed by atoms with van der Waals surface area (Å²) in [4.78, 5) is 39.1. The molecule has 0 spiro atoms. The number of Topliss-reactive ketones (excluding diaryl/α,β-unsaturated/α-hetero) is 2. The van der Waals surface area contributed by atoms with Crippen molar-refractivity contribution in [3.8, 4) is 11.8 Å². The van der Waals surface area contributed by atoms with Crippen molar-refractivity contribution >= 4 is 23.2 Å². The number of nitriles is 1. The summed E-state index contributed by atoms with van der Waals surface area (Å²) in [7, 11) is 0. The maximum absolute atomic E-state index is 13.7. The highest BCUT2D eigenvalue weighted by molar-refractivity contribution is 6.24. The number of carbonyl (C=O) groups is 3. The number of aromatic hydroxyl groups is 1. The normalized spacial score (nSPS) is 36.0. The maximum atomic E-state index is 13.7. The number of ketones is 2. The Morgan fingerprint density at radius 2 is 1.91 bits per heavy atom. The molecule has 7 N–H and O–H groups in total. The molecule has 182 valence electrons. The monoisotopic (exact) mass is 479 g/mol. The third kappa shape index (κ3) is 3.05. The molecule has 0 radical (unpaired) electrons. The molecule has 1 aromatic rings. The molecule has 10 heteroatoms. The van der Waals surface area contributed by atoms with Crippen molar-refractivity contribution in [2.75, 3.05) is 0 Å². The van der Waals surface area contributed by atoms with Crippen molar-refractivity contribution in [1.29, 1.82) is 5.26 Å². The van der Waals surface area contributed by atoms with Gasteiger partial charge in [0.05, 0.1) is 23.1 Å². The molecule has 2 saturated carbocycles. The van der Waals surface area contributed by atoms with Crippen molar-refractivity contribution < 1.29 is 34.8 Å². The van der Waals surface area contributed by atoms with E-state index in [4.69, 9.17) is 5.73 Å². The summed E-state index contributed by atoms with van der Waals surface area (Å²) in [6.45, 7) is 1.78. The van der Waals surface area contributed by atoms with Crippen LogP contribution in [-0.4, -0.2) is 55.6 Å². The van der Waals surface area contributed by atoms with Gasteiger partial charge in [-0.15, -0.1) is 0 Å². The van der Waals surface area contributed by atoms with Crippen molar-refractivity contribution in [1.82, 2.24) is 5.32 Å². The summed E-state index contributed by atoms with van der Waals surface area (Å²) >= 11 is 0. The van der Waals surface area contributed by atoms with Crippen LogP contribution in [0.15, 0.2) is 35.1 Å². The Kier molecular flexibility index (Phi) is 4.88. The van der Waals surface area contributed by atoms with Crippen molar-refractivity contribution in [2.24, 2.45) is 23.0 Å². The van der Waals surface area contributed by atoms with Crippen molar-refractivity contribution in [2.45, 2.75) is 50.3 Å². The molecule has 2 fully saturated rings. The van der Waals surface area contributed by atoms with Crippen LogP contribution < -0.4 is 11.1 Å². The van der Waals surface area contributed by atoms with Crippen molar-refractivity contribution in [3.05, 3.63) is 46.2 Å². The zero-order valence-corrected chi connectivity index (χ0v) is 18.9. The lowest BCUT2D eigenvalue weighted by atomic mass is 9.57. The van der Waals surface area contributed by atoms with E-state index in [1.807, 2.05) is 0 Å². The Morgan fingerprint density at radius 3 is 2.54 bits per heavy atom. The second-order valence-corrected chi connectivity index (χ2v) is 10.3. The van der Waals surface area contributed by atoms with Gasteiger partial charge in [-0.25, -0.2) is 0 Å². The summed E-state index contributed by atoms with van der Waals surface area (Å²) in [5.74, 6) is -6.79. The first-order valence-electron chi connectivity index (χ1n) is 11.4. The second kappa shape index (κ2) is 7.41. The molecule has 4 aliphatic rings. The van der Waals surface area contributed by atoms with Crippen molar-refractivity contribution in [3.63, 3.8) is 0 Å². The van der Waals surface area contributed by atoms with Crippen LogP contribution in [0.4, 0.5) is 0 Å². The number of nitrogens with one attached hydrogen (secondary N) is 1. The molecule has 0 aliphatic heterocycles. The van der Waals surface area contributed by atoms with Crippen LogP contribution in [-0.2, 0) is 20.8 Å². The minimum atomic E-state index is -2.68. The van der Waals surface area contributed by atoms with Gasteiger partial charge in [0, 0.05) is 17.5 Å². The van der Waals surface area contributed by atoms with E-state index in [9.17, 15) is 40.1 Å². The molecular weight excluding hydrogens is 454 g/mol. The van der Waals surface area contributed by atoms with E-state index in [0.717, 1.165) is 0 Å². The van der Waals surface area contributed by atoms with Crippen LogP contribution in [0, 0.1) is 28.6 Å². The van der Waals surface area contributed by atoms with E-state index < -0.39 is 63.5 Å². The Labute approximate surface area is 200 Å². The number of fused-ring (bicyclic) bond motifs is 3. The number of phenols is 1. The molecule has 4 unspecified atom stereocenters. The van der Waals surface area contributed by atoms with E-state index >= 15 is 0 Å². The molecule has 1 aromatic carbocycles. The number of nitrogens with zero attached hydrogens (tertiary/aromatic N) is 1. The summed E-state index contributed by atoms with van der Waals surface area (Å²) in [6.07, 6.45) is 1.13. The number of aliphatic hydroxyl groups is 3. The number of rotatable bonds is 3. The lowest BCUT2D eigenvalue weighted by molar-refractivity contribution is -0.151. The number of carbonyl (C=O) groups excluding carboxylic acids is 3. The first-order valence-corrected chi connectivity index (χ1v) is 11.4. The smallest absolute Gasteiger partial charge is 0.255 e. The second-order valence-electron chi connectivity index (χ2n) is 10.3. The first-order chi connectivity index (χ1) is 16.4. The largest absolute Gasteiger partial charge is 0.508 e. The van der Waals surface area contributed by atoms with Gasteiger partial charge in [-0.2, -0.15) is 5.26 Å². The predicted molar refractivity (Wildman–Crippen MR) is 120 cm³/mol. The number of phenolic OH excluding ortho intramolecular Hbond substituents is 1. The first kappa shape index (κ1) is 23.1. The number of hydrogen-bond acceptors (Lipinski definition) is 9. The average molecular weight is 479 g/mol. The molecule has 0 bridgehead atoms. The van der Waals surface area contributed by atoms with Gasteiger partial charge in [-0.05, 0) is 50.2 Å². The highest BCUT2D eigenvalue weighted by Crippen LogP contribution is 2.52. The van der Waals surface area contributed by atoms with Crippen LogP contribution >= 0.6 is 0 Å². The number of primary amides is 1. The third-order valence-corrected chi connectivity index (χ3v) is 8.02. The quantitative estimate of drug-likeness (QED) is 0.338. The van der Waals surface area contributed by atoms with E-state index in [2.05, 4.69) is 11.4 Å². The van der Waals surface area contributed by atoms with E-state index in [1.54, 1.807) is 19.1 Å². The molecule has 0 heterocycles. The van der Waals surface area contributed by atoms with E-state index in [0.29, 0.717) is 18.4 Å². The topological polar surface area (TPSA) is 194 Å². The molecule has 5 rings (SSSR count).